The summed E-state index contributed by atoms with van der Waals surface area (Å²) in [6, 6.07) is 6.23. The molecule has 2 aromatic rings. The van der Waals surface area contributed by atoms with Gasteiger partial charge in [-0.15, -0.1) is 0 Å². The summed E-state index contributed by atoms with van der Waals surface area (Å²) < 4.78 is 2.03. The lowest BCUT2D eigenvalue weighted by molar-refractivity contribution is -0.103. The summed E-state index contributed by atoms with van der Waals surface area (Å²) in [4.78, 5) is 23.0. The fourth-order valence-electron chi connectivity index (χ4n) is 7.50. The molecule has 4 fully saturated rings. The van der Waals surface area contributed by atoms with E-state index >= 15 is 0 Å². The van der Waals surface area contributed by atoms with E-state index in [9.17, 15) is 4.79 Å². The zero-order chi connectivity index (χ0) is 27.2. The number of fused-ring (bicyclic) bond motifs is 3. The molecule has 4 aliphatic rings. The Morgan fingerprint density at radius 3 is 2.66 bits per heavy atom. The largest absolute Gasteiger partial charge is 0.384 e. The van der Waals surface area contributed by atoms with Crippen LogP contribution in [-0.2, 0) is 0 Å². The highest BCUT2D eigenvalue weighted by Crippen LogP contribution is 2.61. The van der Waals surface area contributed by atoms with Crippen molar-refractivity contribution in [1.82, 2.24) is 29.8 Å². The first-order valence-electron chi connectivity index (χ1n) is 14.6. The van der Waals surface area contributed by atoms with E-state index in [1.807, 2.05) is 22.7 Å². The molecule has 0 radical (unpaired) electrons. The van der Waals surface area contributed by atoms with E-state index < -0.39 is 0 Å². The highest BCUT2D eigenvalue weighted by molar-refractivity contribution is 5.93. The number of nitrogens with one attached hydrogen (secondary N) is 2. The fraction of sp³-hybridized carbons (Fsp3) is 0.677. The molecule has 7 heteroatoms. The smallest absolute Gasteiger partial charge is 0.274 e. The molecule has 6 rings (SSSR count). The van der Waals surface area contributed by atoms with Crippen molar-refractivity contribution in [3.8, 4) is 0 Å². The summed E-state index contributed by atoms with van der Waals surface area (Å²) in [6.45, 7) is 18.1. The van der Waals surface area contributed by atoms with Gasteiger partial charge in [0.1, 0.15) is 11.3 Å². The van der Waals surface area contributed by atoms with Gasteiger partial charge in [0.15, 0.2) is 0 Å². The minimum Gasteiger partial charge on any atom is -0.384 e. The first-order valence-corrected chi connectivity index (χ1v) is 14.6. The van der Waals surface area contributed by atoms with Gasteiger partial charge in [-0.1, -0.05) is 40.3 Å². The predicted octanol–water partition coefficient (Wildman–Crippen LogP) is 4.36. The Balaban J connectivity index is 1.35. The SMILES string of the molecule is C=C(NC[C@@H]1CC[C@H]2C[C@@H]1C2(C)C)c1cccc2nc(C(=O)N(CCN(C)C)C3CCNCC3(C)C)cn12. The lowest BCUT2D eigenvalue weighted by atomic mass is 9.45. The first-order chi connectivity index (χ1) is 18.0. The number of carbonyl (C=O) groups excluding carboxylic acids is 1. The maximum absolute atomic E-state index is 14.0. The number of likely N-dealkylation sites (N-methyl/N-ethyl adjacent to an activating group) is 1. The maximum atomic E-state index is 14.0. The van der Waals surface area contributed by atoms with E-state index in [0.717, 1.165) is 61.5 Å². The number of rotatable bonds is 9. The minimum absolute atomic E-state index is 0.00309. The van der Waals surface area contributed by atoms with Crippen molar-refractivity contribution in [2.45, 2.75) is 59.4 Å². The second-order valence-corrected chi connectivity index (χ2v) is 13.6. The number of piperidine rings is 1. The fourth-order valence-corrected chi connectivity index (χ4v) is 7.50. The Hall–Kier alpha value is -2.38. The summed E-state index contributed by atoms with van der Waals surface area (Å²) in [7, 11) is 4.12. The van der Waals surface area contributed by atoms with Crippen LogP contribution < -0.4 is 10.6 Å². The Bertz CT molecular complexity index is 1180. The Labute approximate surface area is 229 Å². The van der Waals surface area contributed by atoms with Gasteiger partial charge in [0.2, 0.25) is 0 Å². The van der Waals surface area contributed by atoms with E-state index in [1.54, 1.807) is 0 Å². The first kappa shape index (κ1) is 27.2. The van der Waals surface area contributed by atoms with Crippen molar-refractivity contribution in [3.05, 3.63) is 42.4 Å². The van der Waals surface area contributed by atoms with Gasteiger partial charge in [-0.25, -0.2) is 4.98 Å². The third-order valence-corrected chi connectivity index (χ3v) is 10.1. The van der Waals surface area contributed by atoms with Crippen LogP contribution in [0.3, 0.4) is 0 Å². The van der Waals surface area contributed by atoms with Gasteiger partial charge in [0, 0.05) is 38.4 Å². The number of amides is 1. The molecule has 4 atom stereocenters. The van der Waals surface area contributed by atoms with E-state index in [-0.39, 0.29) is 17.4 Å². The van der Waals surface area contributed by atoms with E-state index in [0.29, 0.717) is 23.6 Å². The Morgan fingerprint density at radius 1 is 1.18 bits per heavy atom. The number of imidazole rings is 1. The van der Waals surface area contributed by atoms with Crippen molar-refractivity contribution in [3.63, 3.8) is 0 Å². The number of aromatic nitrogens is 2. The quantitative estimate of drug-likeness (QED) is 0.514. The van der Waals surface area contributed by atoms with Gasteiger partial charge in [0.05, 0.1) is 11.4 Å². The van der Waals surface area contributed by atoms with Crippen LogP contribution >= 0.6 is 0 Å². The van der Waals surface area contributed by atoms with Gasteiger partial charge in [-0.05, 0) is 87.0 Å². The van der Waals surface area contributed by atoms with Crippen LogP contribution in [0.25, 0.3) is 11.3 Å². The van der Waals surface area contributed by atoms with Crippen LogP contribution in [0.1, 0.15) is 69.6 Å². The molecule has 2 bridgehead atoms. The third-order valence-electron chi connectivity index (χ3n) is 10.1. The Morgan fingerprint density at radius 2 is 1.97 bits per heavy atom. The molecule has 0 aromatic carbocycles. The molecule has 3 aliphatic carbocycles. The highest BCUT2D eigenvalue weighted by atomic mass is 16.2. The molecule has 7 nitrogen and oxygen atoms in total. The lowest BCUT2D eigenvalue weighted by Crippen LogP contribution is -2.57. The topological polar surface area (TPSA) is 64.9 Å². The molecule has 3 heterocycles. The summed E-state index contributed by atoms with van der Waals surface area (Å²) in [6.07, 6.45) is 6.90. The van der Waals surface area contributed by atoms with Crippen molar-refractivity contribution in [1.29, 1.82) is 0 Å². The molecule has 38 heavy (non-hydrogen) atoms. The average Bonchev–Trinajstić information content (AvgIpc) is 3.32. The third kappa shape index (κ3) is 5.00. The number of carbonyl (C=O) groups is 1. The second kappa shape index (κ2) is 10.3. The van der Waals surface area contributed by atoms with Gasteiger partial charge in [0.25, 0.3) is 5.91 Å². The van der Waals surface area contributed by atoms with Crippen molar-refractivity contribution in [2.75, 3.05) is 46.8 Å². The van der Waals surface area contributed by atoms with Crippen LogP contribution in [0.4, 0.5) is 0 Å². The molecule has 1 amide bonds. The molecule has 0 spiro atoms. The molecule has 2 aromatic heterocycles. The lowest BCUT2D eigenvalue weighted by Gasteiger charge is -2.60. The van der Waals surface area contributed by atoms with Gasteiger partial charge in [-0.3, -0.25) is 9.20 Å². The van der Waals surface area contributed by atoms with Crippen LogP contribution in [0.2, 0.25) is 0 Å². The average molecular weight is 521 g/mol. The van der Waals surface area contributed by atoms with E-state index in [4.69, 9.17) is 4.98 Å². The van der Waals surface area contributed by atoms with Gasteiger partial charge in [-0.2, -0.15) is 0 Å². The summed E-state index contributed by atoms with van der Waals surface area (Å²) in [5.41, 5.74) is 3.64. The molecule has 2 N–H and O–H groups in total. The van der Waals surface area contributed by atoms with Crippen molar-refractivity contribution in [2.24, 2.45) is 28.6 Å². The second-order valence-electron chi connectivity index (χ2n) is 13.6. The number of nitrogens with zero attached hydrogens (tertiary/aromatic N) is 4. The molecule has 1 saturated heterocycles. The number of pyridine rings is 1. The molecule has 1 unspecified atom stereocenters. The van der Waals surface area contributed by atoms with Crippen molar-refractivity contribution >= 4 is 17.3 Å². The standard InChI is InChI=1S/C31H48N6O/c1-21(33-18-22-11-12-23-17-24(22)31(23,4)5)26-9-8-10-28-34-25(19-37(26)28)29(38)36(16-15-35(6)7)27-13-14-32-20-30(27,2)3/h8-10,19,22-24,27,32-33H,1,11-18,20H2,2-7H3/t22-,23-,24-,27?/m0/s1. The van der Waals surface area contributed by atoms with Crippen molar-refractivity contribution < 1.29 is 4.79 Å². The zero-order valence-electron chi connectivity index (χ0n) is 24.4. The summed E-state index contributed by atoms with van der Waals surface area (Å²) in [5.74, 6) is 2.44. The molecule has 208 valence electrons. The summed E-state index contributed by atoms with van der Waals surface area (Å²) >= 11 is 0. The number of hydrogen-bond acceptors (Lipinski definition) is 5. The Kier molecular flexibility index (Phi) is 7.38. The molecule has 3 saturated carbocycles. The van der Waals surface area contributed by atoms with Gasteiger partial charge >= 0.3 is 0 Å². The predicted molar refractivity (Wildman–Crippen MR) is 155 cm³/mol. The van der Waals surface area contributed by atoms with Gasteiger partial charge < -0.3 is 20.4 Å². The van der Waals surface area contributed by atoms with Crippen LogP contribution in [-0.4, -0.2) is 78.0 Å². The minimum atomic E-state index is -0.00309. The normalized spacial score (nSPS) is 27.7. The summed E-state index contributed by atoms with van der Waals surface area (Å²) in [5, 5.41) is 7.16. The van der Waals surface area contributed by atoms with Crippen LogP contribution in [0, 0.1) is 28.6 Å². The maximum Gasteiger partial charge on any atom is 0.274 e. The number of hydrogen-bond donors (Lipinski definition) is 2. The van der Waals surface area contributed by atoms with E-state index in [1.165, 1.54) is 19.3 Å². The molecule has 1 aliphatic heterocycles. The van der Waals surface area contributed by atoms with Crippen LogP contribution in [0.15, 0.2) is 31.0 Å². The monoisotopic (exact) mass is 520 g/mol. The molecular weight excluding hydrogens is 472 g/mol. The molecular formula is C31H48N6O. The van der Waals surface area contributed by atoms with Crippen LogP contribution in [0.5, 0.6) is 0 Å². The van der Waals surface area contributed by atoms with E-state index in [2.05, 4.69) is 74.9 Å². The zero-order valence-corrected chi connectivity index (χ0v) is 24.4. The highest BCUT2D eigenvalue weighted by Gasteiger charge is 2.53.